The molecular formula is C17H19ClN2O3. The van der Waals surface area contributed by atoms with E-state index < -0.39 is 0 Å². The number of nitrogens with two attached hydrogens (primary N) is 1. The van der Waals surface area contributed by atoms with E-state index in [0.29, 0.717) is 27.9 Å². The molecule has 2 rings (SSSR count). The Labute approximate surface area is 140 Å². The highest BCUT2D eigenvalue weighted by atomic mass is 35.5. The van der Waals surface area contributed by atoms with Crippen molar-refractivity contribution in [3.05, 3.63) is 46.5 Å². The van der Waals surface area contributed by atoms with E-state index in [1.807, 2.05) is 13.8 Å². The number of hydrogen-bond acceptors (Lipinski definition) is 4. The lowest BCUT2D eigenvalue weighted by atomic mass is 10.1. The largest absolute Gasteiger partial charge is 0.497 e. The van der Waals surface area contributed by atoms with Crippen molar-refractivity contribution in [2.24, 2.45) is 0 Å². The van der Waals surface area contributed by atoms with Crippen LogP contribution in [0.4, 0.5) is 11.4 Å². The minimum Gasteiger partial charge on any atom is -0.497 e. The van der Waals surface area contributed by atoms with Gasteiger partial charge in [-0.05, 0) is 49.2 Å². The maximum atomic E-state index is 12.0. The van der Waals surface area contributed by atoms with E-state index in [9.17, 15) is 4.79 Å². The van der Waals surface area contributed by atoms with E-state index in [1.165, 1.54) is 0 Å². The van der Waals surface area contributed by atoms with Gasteiger partial charge in [0.2, 0.25) is 0 Å². The number of carbonyl (C=O) groups excluding carboxylic acids is 1. The first kappa shape index (κ1) is 17.0. The number of anilines is 2. The Bertz CT molecular complexity index is 709. The first-order valence-corrected chi connectivity index (χ1v) is 7.41. The molecular weight excluding hydrogens is 316 g/mol. The molecule has 0 aromatic heterocycles. The zero-order chi connectivity index (χ0) is 17.0. The molecule has 0 atom stereocenters. The normalized spacial score (nSPS) is 10.3. The number of carbonyl (C=O) groups is 1. The minimum atomic E-state index is -0.299. The van der Waals surface area contributed by atoms with Crippen molar-refractivity contribution in [3.63, 3.8) is 0 Å². The van der Waals surface area contributed by atoms with E-state index in [0.717, 1.165) is 11.1 Å². The fraction of sp³-hybridized carbons (Fsp3) is 0.235. The summed E-state index contributed by atoms with van der Waals surface area (Å²) in [6, 6.07) is 8.64. The molecule has 3 N–H and O–H groups in total. The van der Waals surface area contributed by atoms with Gasteiger partial charge >= 0.3 is 0 Å². The van der Waals surface area contributed by atoms with Gasteiger partial charge < -0.3 is 20.5 Å². The van der Waals surface area contributed by atoms with Gasteiger partial charge in [-0.3, -0.25) is 4.79 Å². The molecule has 0 aliphatic heterocycles. The lowest BCUT2D eigenvalue weighted by molar-refractivity contribution is -0.118. The monoisotopic (exact) mass is 334 g/mol. The number of benzene rings is 2. The van der Waals surface area contributed by atoms with E-state index >= 15 is 0 Å². The Balaban J connectivity index is 1.98. The van der Waals surface area contributed by atoms with Crippen LogP contribution in [0.3, 0.4) is 0 Å². The molecule has 23 heavy (non-hydrogen) atoms. The second-order valence-electron chi connectivity index (χ2n) is 5.16. The Kier molecular flexibility index (Phi) is 5.34. The second-order valence-corrected chi connectivity index (χ2v) is 5.54. The second kappa shape index (κ2) is 7.24. The molecule has 0 saturated carbocycles. The third-order valence-electron chi connectivity index (χ3n) is 3.31. The van der Waals surface area contributed by atoms with Crippen LogP contribution in [-0.4, -0.2) is 19.6 Å². The SMILES string of the molecule is COc1ccc(NC(=O)COc2cc(C)c(Cl)c(C)c2)c(N)c1. The fourth-order valence-corrected chi connectivity index (χ4v) is 2.22. The molecule has 5 nitrogen and oxygen atoms in total. The van der Waals surface area contributed by atoms with Crippen LogP contribution in [0.2, 0.25) is 5.02 Å². The molecule has 0 saturated heterocycles. The summed E-state index contributed by atoms with van der Waals surface area (Å²) in [7, 11) is 1.55. The molecule has 0 unspecified atom stereocenters. The number of aryl methyl sites for hydroxylation is 2. The first-order valence-electron chi connectivity index (χ1n) is 7.03. The fourth-order valence-electron chi connectivity index (χ4n) is 2.11. The molecule has 6 heteroatoms. The molecule has 0 aliphatic rings. The van der Waals surface area contributed by atoms with Crippen LogP contribution in [0, 0.1) is 13.8 Å². The van der Waals surface area contributed by atoms with E-state index in [-0.39, 0.29) is 12.5 Å². The molecule has 0 heterocycles. The van der Waals surface area contributed by atoms with Crippen LogP contribution in [-0.2, 0) is 4.79 Å². The van der Waals surface area contributed by atoms with E-state index in [4.69, 9.17) is 26.8 Å². The van der Waals surface area contributed by atoms with Crippen molar-refractivity contribution in [1.29, 1.82) is 0 Å². The number of rotatable bonds is 5. The molecule has 2 aromatic carbocycles. The molecule has 0 radical (unpaired) electrons. The van der Waals surface area contributed by atoms with Crippen LogP contribution in [0.15, 0.2) is 30.3 Å². The standard InChI is InChI=1S/C17H19ClN2O3/c1-10-6-13(7-11(2)17(10)18)23-9-16(21)20-15-5-4-12(22-3)8-14(15)19/h4-8H,9,19H2,1-3H3,(H,20,21). The predicted molar refractivity (Wildman–Crippen MR) is 92.5 cm³/mol. The zero-order valence-electron chi connectivity index (χ0n) is 13.3. The molecule has 0 bridgehead atoms. The van der Waals surface area contributed by atoms with Crippen molar-refractivity contribution >= 4 is 28.9 Å². The van der Waals surface area contributed by atoms with Crippen LogP contribution < -0.4 is 20.5 Å². The van der Waals surface area contributed by atoms with Gasteiger partial charge in [-0.2, -0.15) is 0 Å². The summed E-state index contributed by atoms with van der Waals surface area (Å²) in [6.07, 6.45) is 0. The molecule has 0 spiro atoms. The maximum Gasteiger partial charge on any atom is 0.262 e. The summed E-state index contributed by atoms with van der Waals surface area (Å²) in [4.78, 5) is 12.0. The van der Waals surface area contributed by atoms with Gasteiger partial charge in [0.25, 0.3) is 5.91 Å². The van der Waals surface area contributed by atoms with Gasteiger partial charge in [0.15, 0.2) is 6.61 Å². The molecule has 2 aromatic rings. The summed E-state index contributed by atoms with van der Waals surface area (Å²) in [5.74, 6) is 0.929. The molecule has 0 aliphatic carbocycles. The average molecular weight is 335 g/mol. The quantitative estimate of drug-likeness (QED) is 0.820. The van der Waals surface area contributed by atoms with Crippen LogP contribution in [0.25, 0.3) is 0 Å². The van der Waals surface area contributed by atoms with E-state index in [2.05, 4.69) is 5.32 Å². The van der Waals surface area contributed by atoms with E-state index in [1.54, 1.807) is 37.4 Å². The van der Waals surface area contributed by atoms with Crippen molar-refractivity contribution in [3.8, 4) is 11.5 Å². The van der Waals surface area contributed by atoms with Gasteiger partial charge in [-0.25, -0.2) is 0 Å². The number of ether oxygens (including phenoxy) is 2. The smallest absolute Gasteiger partial charge is 0.262 e. The Hall–Kier alpha value is -2.40. The van der Waals surface area contributed by atoms with Crippen molar-refractivity contribution in [2.45, 2.75) is 13.8 Å². The first-order chi connectivity index (χ1) is 10.9. The highest BCUT2D eigenvalue weighted by Crippen LogP contribution is 2.26. The van der Waals surface area contributed by atoms with Crippen molar-refractivity contribution in [1.82, 2.24) is 0 Å². The number of nitrogen functional groups attached to an aromatic ring is 1. The highest BCUT2D eigenvalue weighted by molar-refractivity contribution is 6.32. The lowest BCUT2D eigenvalue weighted by Crippen LogP contribution is -2.20. The zero-order valence-corrected chi connectivity index (χ0v) is 14.0. The summed E-state index contributed by atoms with van der Waals surface area (Å²) in [5, 5.41) is 3.40. The third kappa shape index (κ3) is 4.29. The van der Waals surface area contributed by atoms with Crippen molar-refractivity contribution in [2.75, 3.05) is 24.8 Å². The number of nitrogens with one attached hydrogen (secondary N) is 1. The van der Waals surface area contributed by atoms with Crippen LogP contribution in [0.1, 0.15) is 11.1 Å². The lowest BCUT2D eigenvalue weighted by Gasteiger charge is -2.12. The highest BCUT2D eigenvalue weighted by Gasteiger charge is 2.09. The number of hydrogen-bond donors (Lipinski definition) is 2. The number of amides is 1. The molecule has 122 valence electrons. The van der Waals surface area contributed by atoms with Gasteiger partial charge in [0, 0.05) is 11.1 Å². The van der Waals surface area contributed by atoms with Crippen LogP contribution >= 0.6 is 11.6 Å². The summed E-state index contributed by atoms with van der Waals surface area (Å²) in [6.45, 7) is 3.66. The summed E-state index contributed by atoms with van der Waals surface area (Å²) >= 11 is 6.10. The van der Waals surface area contributed by atoms with Gasteiger partial charge in [0.05, 0.1) is 18.5 Å². The van der Waals surface area contributed by atoms with Gasteiger partial charge in [-0.15, -0.1) is 0 Å². The average Bonchev–Trinajstić information content (AvgIpc) is 2.52. The predicted octanol–water partition coefficient (Wildman–Crippen LogP) is 3.57. The topological polar surface area (TPSA) is 73.6 Å². The Morgan fingerprint density at radius 1 is 1.17 bits per heavy atom. The molecule has 1 amide bonds. The summed E-state index contributed by atoms with van der Waals surface area (Å²) in [5.41, 5.74) is 8.61. The number of methoxy groups -OCH3 is 1. The number of halogens is 1. The molecule has 0 fully saturated rings. The van der Waals surface area contributed by atoms with Gasteiger partial charge in [0.1, 0.15) is 11.5 Å². The Morgan fingerprint density at radius 2 is 1.83 bits per heavy atom. The maximum absolute atomic E-state index is 12.0. The third-order valence-corrected chi connectivity index (χ3v) is 3.91. The summed E-state index contributed by atoms with van der Waals surface area (Å²) < 4.78 is 10.6. The van der Waals surface area contributed by atoms with Crippen LogP contribution in [0.5, 0.6) is 11.5 Å². The van der Waals surface area contributed by atoms with Gasteiger partial charge in [-0.1, -0.05) is 11.6 Å². The van der Waals surface area contributed by atoms with Crippen molar-refractivity contribution < 1.29 is 14.3 Å². The Morgan fingerprint density at radius 3 is 2.39 bits per heavy atom. The minimum absolute atomic E-state index is 0.119.